The van der Waals surface area contributed by atoms with E-state index in [4.69, 9.17) is 11.6 Å². The molecule has 3 heterocycles. The third kappa shape index (κ3) is 2.10. The smallest absolute Gasteiger partial charge is 0.264 e. The van der Waals surface area contributed by atoms with Crippen molar-refractivity contribution in [2.75, 3.05) is 0 Å². The van der Waals surface area contributed by atoms with E-state index in [1.165, 1.54) is 17.1 Å². The van der Waals surface area contributed by atoms with Gasteiger partial charge in [0.1, 0.15) is 16.9 Å². The highest BCUT2D eigenvalue weighted by molar-refractivity contribution is 6.29. The molecule has 0 radical (unpaired) electrons. The highest BCUT2D eigenvalue weighted by Crippen LogP contribution is 2.07. The number of fused-ring (bicyclic) bond motifs is 1. The van der Waals surface area contributed by atoms with Crippen LogP contribution in [-0.2, 0) is 13.6 Å². The van der Waals surface area contributed by atoms with Crippen molar-refractivity contribution in [1.82, 2.24) is 24.3 Å². The second-order valence-electron chi connectivity index (χ2n) is 4.13. The maximum absolute atomic E-state index is 12.2. The first-order valence-corrected chi connectivity index (χ1v) is 6.01. The van der Waals surface area contributed by atoms with Crippen LogP contribution in [0.5, 0.6) is 0 Å². The van der Waals surface area contributed by atoms with E-state index in [1.807, 2.05) is 6.07 Å². The van der Waals surface area contributed by atoms with E-state index in [2.05, 4.69) is 15.1 Å². The van der Waals surface area contributed by atoms with Crippen LogP contribution < -0.4 is 5.56 Å². The predicted molar refractivity (Wildman–Crippen MR) is 71.1 cm³/mol. The summed E-state index contributed by atoms with van der Waals surface area (Å²) in [4.78, 5) is 20.6. The minimum atomic E-state index is -0.139. The molecule has 3 aromatic heterocycles. The van der Waals surface area contributed by atoms with Gasteiger partial charge in [0, 0.05) is 7.05 Å². The van der Waals surface area contributed by atoms with Gasteiger partial charge in [-0.3, -0.25) is 14.0 Å². The number of pyridine rings is 1. The lowest BCUT2D eigenvalue weighted by Crippen LogP contribution is -2.21. The summed E-state index contributed by atoms with van der Waals surface area (Å²) in [5.41, 5.74) is 1.14. The van der Waals surface area contributed by atoms with E-state index in [0.29, 0.717) is 28.4 Å². The van der Waals surface area contributed by atoms with Crippen LogP contribution in [0.15, 0.2) is 35.5 Å². The largest absolute Gasteiger partial charge is 0.292 e. The average molecular weight is 276 g/mol. The lowest BCUT2D eigenvalue weighted by atomic mass is 10.3. The van der Waals surface area contributed by atoms with Gasteiger partial charge in [-0.05, 0) is 12.1 Å². The molecule has 0 saturated carbocycles. The Balaban J connectivity index is 2.06. The summed E-state index contributed by atoms with van der Waals surface area (Å²) in [5, 5.41) is 4.92. The van der Waals surface area contributed by atoms with Crippen molar-refractivity contribution in [1.29, 1.82) is 0 Å². The molecule has 0 bridgehead atoms. The molecule has 3 rings (SSSR count). The molecule has 7 heteroatoms. The van der Waals surface area contributed by atoms with Crippen LogP contribution in [0.3, 0.4) is 0 Å². The molecule has 0 aliphatic heterocycles. The van der Waals surface area contributed by atoms with Gasteiger partial charge in [0.25, 0.3) is 5.56 Å². The summed E-state index contributed by atoms with van der Waals surface area (Å²) in [5.74, 6) is 0. The van der Waals surface area contributed by atoms with Crippen LogP contribution in [0, 0.1) is 0 Å². The Morgan fingerprint density at radius 1 is 1.37 bits per heavy atom. The van der Waals surface area contributed by atoms with Crippen LogP contribution in [0.4, 0.5) is 0 Å². The van der Waals surface area contributed by atoms with E-state index in [0.717, 1.165) is 0 Å². The van der Waals surface area contributed by atoms with E-state index in [1.54, 1.807) is 23.9 Å². The van der Waals surface area contributed by atoms with E-state index in [9.17, 15) is 4.79 Å². The highest BCUT2D eigenvalue weighted by Gasteiger charge is 2.08. The molecule has 0 saturated heterocycles. The third-order valence-electron chi connectivity index (χ3n) is 2.82. The highest BCUT2D eigenvalue weighted by atomic mass is 35.5. The fourth-order valence-corrected chi connectivity index (χ4v) is 2.07. The Hall–Kier alpha value is -2.21. The summed E-state index contributed by atoms with van der Waals surface area (Å²) in [6.07, 6.45) is 3.02. The van der Waals surface area contributed by atoms with Crippen LogP contribution in [0.25, 0.3) is 11.0 Å². The topological polar surface area (TPSA) is 65.6 Å². The zero-order valence-corrected chi connectivity index (χ0v) is 10.9. The molecule has 0 N–H and O–H groups in total. The lowest BCUT2D eigenvalue weighted by Gasteiger charge is -2.05. The summed E-state index contributed by atoms with van der Waals surface area (Å²) in [7, 11) is 1.75. The van der Waals surface area contributed by atoms with Gasteiger partial charge in [-0.15, -0.1) is 0 Å². The molecule has 3 aromatic rings. The Kier molecular flexibility index (Phi) is 2.79. The fourth-order valence-electron chi connectivity index (χ4n) is 1.89. The molecule has 0 unspecified atom stereocenters. The Morgan fingerprint density at radius 2 is 2.21 bits per heavy atom. The molecule has 0 aliphatic rings. The van der Waals surface area contributed by atoms with Gasteiger partial charge < -0.3 is 0 Å². The Morgan fingerprint density at radius 3 is 3.00 bits per heavy atom. The molecule has 6 nitrogen and oxygen atoms in total. The number of halogens is 1. The van der Waals surface area contributed by atoms with Gasteiger partial charge in [-0.1, -0.05) is 17.7 Å². The quantitative estimate of drug-likeness (QED) is 0.660. The number of hydrogen-bond acceptors (Lipinski definition) is 4. The average Bonchev–Trinajstić information content (AvgIpc) is 2.76. The predicted octanol–water partition coefficient (Wildman–Crippen LogP) is 1.23. The molecule has 0 aromatic carbocycles. The standard InChI is InChI=1S/C12H10ClN5O/c1-17-11-9(5-15-17)12(19)18(7-14-11)6-8-3-2-4-10(13)16-8/h2-5,7H,6H2,1H3. The number of rotatable bonds is 2. The van der Waals surface area contributed by atoms with Gasteiger partial charge >= 0.3 is 0 Å². The second-order valence-corrected chi connectivity index (χ2v) is 4.52. The fraction of sp³-hybridized carbons (Fsp3) is 0.167. The second kappa shape index (κ2) is 4.47. The normalized spacial score (nSPS) is 11.1. The van der Waals surface area contributed by atoms with E-state index in [-0.39, 0.29) is 5.56 Å². The molecule has 0 aliphatic carbocycles. The minimum absolute atomic E-state index is 0.139. The first-order valence-electron chi connectivity index (χ1n) is 5.64. The molecule has 0 amide bonds. The molecule has 0 spiro atoms. The van der Waals surface area contributed by atoms with Crippen LogP contribution in [0.1, 0.15) is 5.69 Å². The summed E-state index contributed by atoms with van der Waals surface area (Å²) >= 11 is 5.82. The van der Waals surface area contributed by atoms with Crippen molar-refractivity contribution >= 4 is 22.6 Å². The van der Waals surface area contributed by atoms with Crippen molar-refractivity contribution in [3.63, 3.8) is 0 Å². The zero-order valence-electron chi connectivity index (χ0n) is 10.1. The Labute approximate surface area is 113 Å². The summed E-state index contributed by atoms with van der Waals surface area (Å²) in [6, 6.07) is 5.30. The van der Waals surface area contributed by atoms with E-state index < -0.39 is 0 Å². The van der Waals surface area contributed by atoms with Crippen molar-refractivity contribution in [3.8, 4) is 0 Å². The number of aryl methyl sites for hydroxylation is 1. The van der Waals surface area contributed by atoms with Crippen LogP contribution >= 0.6 is 11.6 Å². The molecular formula is C12H10ClN5O. The van der Waals surface area contributed by atoms with Crippen molar-refractivity contribution in [2.45, 2.75) is 6.54 Å². The van der Waals surface area contributed by atoms with Crippen molar-refractivity contribution in [3.05, 3.63) is 51.9 Å². The summed E-state index contributed by atoms with van der Waals surface area (Å²) in [6.45, 7) is 0.331. The maximum Gasteiger partial charge on any atom is 0.264 e. The number of nitrogens with zero attached hydrogens (tertiary/aromatic N) is 5. The van der Waals surface area contributed by atoms with E-state index >= 15 is 0 Å². The van der Waals surface area contributed by atoms with Crippen LogP contribution in [-0.4, -0.2) is 24.3 Å². The first-order chi connectivity index (χ1) is 9.15. The molecule has 0 atom stereocenters. The van der Waals surface area contributed by atoms with Crippen molar-refractivity contribution < 1.29 is 0 Å². The van der Waals surface area contributed by atoms with Gasteiger partial charge in [0.2, 0.25) is 0 Å². The van der Waals surface area contributed by atoms with Crippen molar-refractivity contribution in [2.24, 2.45) is 7.05 Å². The van der Waals surface area contributed by atoms with Gasteiger partial charge in [-0.25, -0.2) is 9.97 Å². The monoisotopic (exact) mass is 275 g/mol. The SMILES string of the molecule is Cn1ncc2c(=O)n(Cc3cccc(Cl)n3)cnc21. The zero-order chi connectivity index (χ0) is 13.4. The number of hydrogen-bond donors (Lipinski definition) is 0. The van der Waals surface area contributed by atoms with Gasteiger partial charge in [0.15, 0.2) is 5.65 Å². The van der Waals surface area contributed by atoms with Gasteiger partial charge in [-0.2, -0.15) is 5.10 Å². The van der Waals surface area contributed by atoms with Gasteiger partial charge in [0.05, 0.1) is 18.4 Å². The minimum Gasteiger partial charge on any atom is -0.292 e. The Bertz CT molecular complexity index is 807. The van der Waals surface area contributed by atoms with Crippen LogP contribution in [0.2, 0.25) is 5.15 Å². The third-order valence-corrected chi connectivity index (χ3v) is 3.03. The summed E-state index contributed by atoms with van der Waals surface area (Å²) < 4.78 is 3.06. The molecule has 19 heavy (non-hydrogen) atoms. The maximum atomic E-state index is 12.2. The molecule has 96 valence electrons. The lowest BCUT2D eigenvalue weighted by molar-refractivity contribution is 0.722. The first kappa shape index (κ1) is 11.9. The number of aromatic nitrogens is 5. The molecule has 0 fully saturated rings. The molecular weight excluding hydrogens is 266 g/mol.